The van der Waals surface area contributed by atoms with Gasteiger partial charge in [-0.1, -0.05) is 48.8 Å². The van der Waals surface area contributed by atoms with E-state index in [9.17, 15) is 9.59 Å². The first kappa shape index (κ1) is 19.0. The molecule has 1 unspecified atom stereocenters. The van der Waals surface area contributed by atoms with Gasteiger partial charge in [0, 0.05) is 49.0 Å². The molecule has 0 saturated carbocycles. The van der Waals surface area contributed by atoms with E-state index in [0.717, 1.165) is 18.1 Å². The van der Waals surface area contributed by atoms with Gasteiger partial charge in [-0.15, -0.1) is 0 Å². The van der Waals surface area contributed by atoms with Gasteiger partial charge >= 0.3 is 0 Å². The third kappa shape index (κ3) is 5.89. The lowest BCUT2D eigenvalue weighted by Crippen LogP contribution is -2.53. The monoisotopic (exact) mass is 358 g/mol. The second-order valence-corrected chi connectivity index (χ2v) is 10.3. The molecule has 23 heavy (non-hydrogen) atoms. The van der Waals surface area contributed by atoms with Crippen molar-refractivity contribution in [1.82, 2.24) is 9.80 Å². The van der Waals surface area contributed by atoms with Gasteiger partial charge in [-0.2, -0.15) is 0 Å². The lowest BCUT2D eigenvalue weighted by Gasteiger charge is -2.37. The number of nitrogens with zero attached hydrogens (tertiary/aromatic N) is 2. The summed E-state index contributed by atoms with van der Waals surface area (Å²) in [6.07, 6.45) is 5.40. The van der Waals surface area contributed by atoms with Crippen LogP contribution >= 0.6 is 21.6 Å². The van der Waals surface area contributed by atoms with Crippen molar-refractivity contribution in [3.63, 3.8) is 0 Å². The predicted molar refractivity (Wildman–Crippen MR) is 99.5 cm³/mol. The van der Waals surface area contributed by atoms with E-state index in [2.05, 4.69) is 0 Å². The Kier molecular flexibility index (Phi) is 7.14. The first-order valence-electron chi connectivity index (χ1n) is 8.73. The molecular formula is C17H30N2O2S2. The highest BCUT2D eigenvalue weighted by Gasteiger charge is 2.30. The van der Waals surface area contributed by atoms with Crippen LogP contribution < -0.4 is 0 Å². The van der Waals surface area contributed by atoms with Gasteiger partial charge in [-0.25, -0.2) is 0 Å². The highest BCUT2D eigenvalue weighted by Crippen LogP contribution is 2.39. The quantitative estimate of drug-likeness (QED) is 0.558. The Morgan fingerprint density at radius 2 is 1.70 bits per heavy atom. The predicted octanol–water partition coefficient (Wildman–Crippen LogP) is 3.42. The molecule has 2 saturated heterocycles. The van der Waals surface area contributed by atoms with Gasteiger partial charge in [-0.3, -0.25) is 9.59 Å². The molecule has 2 rings (SSSR count). The van der Waals surface area contributed by atoms with Crippen LogP contribution in [0.15, 0.2) is 0 Å². The summed E-state index contributed by atoms with van der Waals surface area (Å²) < 4.78 is 0. The van der Waals surface area contributed by atoms with E-state index < -0.39 is 0 Å². The summed E-state index contributed by atoms with van der Waals surface area (Å²) in [5.74, 6) is 1.74. The first-order valence-corrected chi connectivity index (χ1v) is 11.1. The Balaban J connectivity index is 1.62. The number of rotatable bonds is 5. The molecule has 4 nitrogen and oxygen atoms in total. The zero-order chi connectivity index (χ0) is 16.9. The topological polar surface area (TPSA) is 40.6 Å². The Hall–Kier alpha value is -0.360. The minimum absolute atomic E-state index is 0.191. The molecule has 1 atom stereocenters. The molecule has 0 aromatic carbocycles. The molecule has 0 aliphatic carbocycles. The van der Waals surface area contributed by atoms with Crippen LogP contribution in [-0.2, 0) is 9.59 Å². The number of piperazine rings is 1. The maximum Gasteiger partial charge on any atom is 0.228 e. The standard InChI is InChI=1S/C17H30N2O2S2/c1-17(2,3)16(21)19-11-9-18(10-12-19)15(20)7-5-4-6-14-8-13-22-23-14/h14H,4-13H2,1-3H3. The van der Waals surface area contributed by atoms with Crippen molar-refractivity contribution >= 4 is 33.4 Å². The molecule has 2 amide bonds. The summed E-state index contributed by atoms with van der Waals surface area (Å²) in [5.41, 5.74) is -0.331. The summed E-state index contributed by atoms with van der Waals surface area (Å²) in [4.78, 5) is 28.4. The maximum atomic E-state index is 12.3. The summed E-state index contributed by atoms with van der Waals surface area (Å²) in [6, 6.07) is 0. The van der Waals surface area contributed by atoms with Crippen molar-refractivity contribution in [2.75, 3.05) is 31.9 Å². The van der Waals surface area contributed by atoms with Gasteiger partial charge < -0.3 is 9.80 Å². The Labute approximate surface area is 148 Å². The fraction of sp³-hybridized carbons (Fsp3) is 0.882. The molecule has 0 aromatic rings. The molecule has 0 aromatic heterocycles. The van der Waals surface area contributed by atoms with E-state index in [-0.39, 0.29) is 17.2 Å². The molecule has 0 bridgehead atoms. The molecule has 0 spiro atoms. The molecule has 2 aliphatic rings. The molecule has 132 valence electrons. The highest BCUT2D eigenvalue weighted by molar-refractivity contribution is 8.77. The number of hydrogen-bond acceptors (Lipinski definition) is 4. The first-order chi connectivity index (χ1) is 10.9. The summed E-state index contributed by atoms with van der Waals surface area (Å²) >= 11 is 0. The summed E-state index contributed by atoms with van der Waals surface area (Å²) in [5, 5.41) is 0.807. The number of hydrogen-bond donors (Lipinski definition) is 0. The van der Waals surface area contributed by atoms with Crippen LogP contribution in [-0.4, -0.2) is 58.8 Å². The van der Waals surface area contributed by atoms with E-state index in [1.807, 2.05) is 52.2 Å². The molecule has 2 fully saturated rings. The molecule has 0 radical (unpaired) electrons. The van der Waals surface area contributed by atoms with Gasteiger partial charge in [-0.05, 0) is 19.3 Å². The van der Waals surface area contributed by atoms with E-state index in [1.54, 1.807) is 0 Å². The van der Waals surface area contributed by atoms with E-state index >= 15 is 0 Å². The smallest absolute Gasteiger partial charge is 0.228 e. The lowest BCUT2D eigenvalue weighted by molar-refractivity contribution is -0.145. The normalized spacial score (nSPS) is 22.5. The second kappa shape index (κ2) is 8.65. The van der Waals surface area contributed by atoms with Gasteiger partial charge in [0.05, 0.1) is 0 Å². The molecule has 6 heteroatoms. The maximum absolute atomic E-state index is 12.3. The van der Waals surface area contributed by atoms with Crippen molar-refractivity contribution in [3.8, 4) is 0 Å². The van der Waals surface area contributed by atoms with Crippen LogP contribution in [0.25, 0.3) is 0 Å². The van der Waals surface area contributed by atoms with Gasteiger partial charge in [0.2, 0.25) is 11.8 Å². The lowest BCUT2D eigenvalue weighted by atomic mass is 9.94. The van der Waals surface area contributed by atoms with Gasteiger partial charge in [0.15, 0.2) is 0 Å². The molecule has 0 N–H and O–H groups in total. The number of amides is 2. The largest absolute Gasteiger partial charge is 0.339 e. The highest BCUT2D eigenvalue weighted by atomic mass is 33.1. The molecule has 2 aliphatic heterocycles. The zero-order valence-electron chi connectivity index (χ0n) is 14.7. The number of unbranched alkanes of at least 4 members (excludes halogenated alkanes) is 1. The third-order valence-corrected chi connectivity index (χ3v) is 7.46. The molecular weight excluding hydrogens is 328 g/mol. The molecule has 2 heterocycles. The van der Waals surface area contributed by atoms with Crippen molar-refractivity contribution in [2.24, 2.45) is 5.41 Å². The van der Waals surface area contributed by atoms with Crippen LogP contribution in [0.1, 0.15) is 52.9 Å². The Morgan fingerprint density at radius 3 is 2.26 bits per heavy atom. The fourth-order valence-corrected chi connectivity index (χ4v) is 6.03. The van der Waals surface area contributed by atoms with E-state index in [1.165, 1.54) is 18.6 Å². The van der Waals surface area contributed by atoms with Crippen molar-refractivity contribution in [3.05, 3.63) is 0 Å². The van der Waals surface area contributed by atoms with E-state index in [0.29, 0.717) is 32.6 Å². The van der Waals surface area contributed by atoms with Crippen LogP contribution in [0.5, 0.6) is 0 Å². The van der Waals surface area contributed by atoms with Crippen LogP contribution in [0.2, 0.25) is 0 Å². The summed E-state index contributed by atoms with van der Waals surface area (Å²) in [7, 11) is 4.00. The average molecular weight is 359 g/mol. The minimum Gasteiger partial charge on any atom is -0.339 e. The zero-order valence-corrected chi connectivity index (χ0v) is 16.3. The number of carbonyl (C=O) groups is 2. The summed E-state index contributed by atoms with van der Waals surface area (Å²) in [6.45, 7) is 8.59. The van der Waals surface area contributed by atoms with Crippen molar-refractivity contribution in [1.29, 1.82) is 0 Å². The van der Waals surface area contributed by atoms with E-state index in [4.69, 9.17) is 0 Å². The third-order valence-electron chi connectivity index (χ3n) is 4.46. The van der Waals surface area contributed by atoms with Gasteiger partial charge in [0.1, 0.15) is 0 Å². The van der Waals surface area contributed by atoms with Crippen molar-refractivity contribution in [2.45, 2.75) is 58.1 Å². The van der Waals surface area contributed by atoms with Crippen LogP contribution in [0, 0.1) is 5.41 Å². The van der Waals surface area contributed by atoms with Crippen LogP contribution in [0.4, 0.5) is 0 Å². The fourth-order valence-electron chi connectivity index (χ4n) is 3.00. The van der Waals surface area contributed by atoms with Crippen LogP contribution in [0.3, 0.4) is 0 Å². The Bertz CT molecular complexity index is 409. The Morgan fingerprint density at radius 1 is 1.04 bits per heavy atom. The minimum atomic E-state index is -0.331. The van der Waals surface area contributed by atoms with Crippen molar-refractivity contribution < 1.29 is 9.59 Å². The SMILES string of the molecule is CC(C)(C)C(=O)N1CCN(C(=O)CCCCC2CCSS2)CC1. The number of carbonyl (C=O) groups excluding carboxylic acids is 2. The average Bonchev–Trinajstić information content (AvgIpc) is 3.03. The van der Waals surface area contributed by atoms with Gasteiger partial charge in [0.25, 0.3) is 0 Å². The second-order valence-electron chi connectivity index (χ2n) is 7.50.